The number of halogens is 3. The van der Waals surface area contributed by atoms with Crippen LogP contribution in [-0.2, 0) is 21.4 Å². The van der Waals surface area contributed by atoms with Crippen molar-refractivity contribution in [3.63, 3.8) is 0 Å². The van der Waals surface area contributed by atoms with Crippen LogP contribution in [0.25, 0.3) is 0 Å². The zero-order valence-corrected chi connectivity index (χ0v) is 10.3. The van der Waals surface area contributed by atoms with Gasteiger partial charge < -0.3 is 4.74 Å². The summed E-state index contributed by atoms with van der Waals surface area (Å²) >= 11 is 0. The summed E-state index contributed by atoms with van der Waals surface area (Å²) in [4.78, 5) is 0. The van der Waals surface area contributed by atoms with E-state index < -0.39 is 27.0 Å². The monoisotopic (exact) mass is 283 g/mol. The van der Waals surface area contributed by atoms with Gasteiger partial charge >= 0.3 is 6.18 Å². The summed E-state index contributed by atoms with van der Waals surface area (Å²) in [7, 11) is -3.39. The van der Waals surface area contributed by atoms with E-state index in [1.165, 1.54) is 19.2 Å². The fourth-order valence-corrected chi connectivity index (χ4v) is 2.48. The van der Waals surface area contributed by atoms with Crippen molar-refractivity contribution in [2.24, 2.45) is 5.14 Å². The van der Waals surface area contributed by atoms with Gasteiger partial charge in [0.15, 0.2) is 5.25 Å². The van der Waals surface area contributed by atoms with Gasteiger partial charge in [-0.2, -0.15) is 13.2 Å². The summed E-state index contributed by atoms with van der Waals surface area (Å²) < 4.78 is 65.1. The molecular formula is C10H12F3NO3S. The van der Waals surface area contributed by atoms with E-state index in [0.29, 0.717) is 5.56 Å². The number of primary sulfonamides is 1. The van der Waals surface area contributed by atoms with E-state index in [0.717, 1.165) is 12.1 Å². The summed E-state index contributed by atoms with van der Waals surface area (Å²) in [5, 5.41) is 1.92. The molecule has 0 radical (unpaired) electrons. The second-order valence-corrected chi connectivity index (χ2v) is 5.34. The molecule has 18 heavy (non-hydrogen) atoms. The lowest BCUT2D eigenvalue weighted by molar-refractivity contribution is -0.131. The minimum absolute atomic E-state index is 0.0863. The molecule has 2 N–H and O–H groups in total. The first-order valence-electron chi connectivity index (χ1n) is 4.82. The normalized spacial score (nSPS) is 14.5. The molecule has 0 amide bonds. The molecule has 1 rings (SSSR count). The molecule has 1 unspecified atom stereocenters. The summed E-state index contributed by atoms with van der Waals surface area (Å²) in [5.41, 5.74) is 0.0208. The van der Waals surface area contributed by atoms with Crippen LogP contribution in [0.1, 0.15) is 16.4 Å². The van der Waals surface area contributed by atoms with E-state index in [-0.39, 0.29) is 6.61 Å². The van der Waals surface area contributed by atoms with Gasteiger partial charge in [-0.15, -0.1) is 0 Å². The third-order valence-electron chi connectivity index (χ3n) is 2.19. The summed E-state index contributed by atoms with van der Waals surface area (Å²) in [6.07, 6.45) is -4.96. The van der Waals surface area contributed by atoms with Crippen LogP contribution in [0, 0.1) is 0 Å². The number of sulfonamides is 1. The lowest BCUT2D eigenvalue weighted by Crippen LogP contribution is -2.33. The maximum atomic E-state index is 12.7. The third kappa shape index (κ3) is 3.69. The van der Waals surface area contributed by atoms with Crippen LogP contribution in [0.2, 0.25) is 0 Å². The standard InChI is InChI=1S/C10H12F3NO3S/c1-17-6-7-3-2-4-8(5-7)9(10(11,12)13)18(14,15)16/h2-5,9H,6H2,1H3,(H2,14,15,16). The van der Waals surface area contributed by atoms with Crippen molar-refractivity contribution in [2.45, 2.75) is 18.0 Å². The molecule has 4 nitrogen and oxygen atoms in total. The van der Waals surface area contributed by atoms with Gasteiger partial charge in [-0.3, -0.25) is 0 Å². The predicted molar refractivity (Wildman–Crippen MR) is 59.1 cm³/mol. The third-order valence-corrected chi connectivity index (χ3v) is 3.39. The van der Waals surface area contributed by atoms with Crippen molar-refractivity contribution in [2.75, 3.05) is 7.11 Å². The van der Waals surface area contributed by atoms with Crippen LogP contribution in [0.3, 0.4) is 0 Å². The second-order valence-electron chi connectivity index (χ2n) is 3.69. The highest BCUT2D eigenvalue weighted by atomic mass is 32.2. The van der Waals surface area contributed by atoms with Gasteiger partial charge in [0.25, 0.3) is 0 Å². The van der Waals surface area contributed by atoms with Crippen molar-refractivity contribution in [3.05, 3.63) is 35.4 Å². The average molecular weight is 283 g/mol. The molecule has 0 aliphatic heterocycles. The minimum Gasteiger partial charge on any atom is -0.380 e. The topological polar surface area (TPSA) is 69.4 Å². The van der Waals surface area contributed by atoms with Crippen molar-refractivity contribution < 1.29 is 26.3 Å². The number of ether oxygens (including phenoxy) is 1. The van der Waals surface area contributed by atoms with Crippen molar-refractivity contribution >= 4 is 10.0 Å². The van der Waals surface area contributed by atoms with Crippen LogP contribution < -0.4 is 5.14 Å². The molecule has 0 saturated heterocycles. The molecule has 1 aromatic carbocycles. The lowest BCUT2D eigenvalue weighted by atomic mass is 10.1. The molecule has 0 saturated carbocycles. The van der Waals surface area contributed by atoms with Crippen molar-refractivity contribution in [1.82, 2.24) is 0 Å². The summed E-state index contributed by atoms with van der Waals surface area (Å²) in [6.45, 7) is 0.0863. The van der Waals surface area contributed by atoms with E-state index in [2.05, 4.69) is 5.14 Å². The Balaban J connectivity index is 3.27. The average Bonchev–Trinajstić information content (AvgIpc) is 2.13. The van der Waals surface area contributed by atoms with Gasteiger partial charge in [0, 0.05) is 7.11 Å². The number of nitrogens with two attached hydrogens (primary N) is 1. The zero-order valence-electron chi connectivity index (χ0n) is 9.44. The van der Waals surface area contributed by atoms with Gasteiger partial charge in [-0.05, 0) is 11.1 Å². The molecule has 1 atom stereocenters. The van der Waals surface area contributed by atoms with Crippen LogP contribution in [0.15, 0.2) is 24.3 Å². The maximum Gasteiger partial charge on any atom is 0.410 e. The first-order chi connectivity index (χ1) is 8.16. The Bertz CT molecular complexity index is 513. The molecule has 102 valence electrons. The molecule has 0 fully saturated rings. The first-order valence-corrected chi connectivity index (χ1v) is 6.43. The van der Waals surface area contributed by atoms with Crippen molar-refractivity contribution in [3.8, 4) is 0 Å². The molecule has 0 aromatic heterocycles. The maximum absolute atomic E-state index is 12.7. The van der Waals surface area contributed by atoms with Gasteiger partial charge in [0.1, 0.15) is 0 Å². The highest BCUT2D eigenvalue weighted by molar-refractivity contribution is 7.89. The Morgan fingerprint density at radius 1 is 1.39 bits per heavy atom. The van der Waals surface area contributed by atoms with Crippen LogP contribution in [-0.4, -0.2) is 21.7 Å². The molecule has 0 heterocycles. The summed E-state index contributed by atoms with van der Waals surface area (Å²) in [6, 6.07) is 5.05. The fourth-order valence-electron chi connectivity index (χ4n) is 1.58. The number of hydrogen-bond acceptors (Lipinski definition) is 3. The van der Waals surface area contributed by atoms with Crippen LogP contribution in [0.4, 0.5) is 13.2 Å². The van der Waals surface area contributed by atoms with Gasteiger partial charge in [-0.25, -0.2) is 13.6 Å². The lowest BCUT2D eigenvalue weighted by Gasteiger charge is -2.19. The van der Waals surface area contributed by atoms with Crippen LogP contribution in [0.5, 0.6) is 0 Å². The Morgan fingerprint density at radius 3 is 2.44 bits per heavy atom. The van der Waals surface area contributed by atoms with E-state index >= 15 is 0 Å². The number of hydrogen-bond donors (Lipinski definition) is 1. The molecule has 0 aliphatic carbocycles. The number of methoxy groups -OCH3 is 1. The molecule has 0 spiro atoms. The molecule has 0 bridgehead atoms. The SMILES string of the molecule is COCc1cccc(C(C(F)(F)F)S(N)(=O)=O)c1. The Hall–Kier alpha value is -1.12. The zero-order chi connectivity index (χ0) is 14.0. The largest absolute Gasteiger partial charge is 0.410 e. The Labute approximate surface area is 103 Å². The number of rotatable bonds is 4. The van der Waals surface area contributed by atoms with E-state index in [4.69, 9.17) is 4.74 Å². The highest BCUT2D eigenvalue weighted by Gasteiger charge is 2.48. The number of alkyl halides is 3. The molecule has 1 aromatic rings. The van der Waals surface area contributed by atoms with Gasteiger partial charge in [-0.1, -0.05) is 24.3 Å². The van der Waals surface area contributed by atoms with Crippen LogP contribution >= 0.6 is 0 Å². The molecular weight excluding hydrogens is 271 g/mol. The Kier molecular flexibility index (Phi) is 4.36. The van der Waals surface area contributed by atoms with E-state index in [1.54, 1.807) is 0 Å². The Morgan fingerprint density at radius 2 is 2.00 bits per heavy atom. The smallest absolute Gasteiger partial charge is 0.380 e. The van der Waals surface area contributed by atoms with E-state index in [9.17, 15) is 21.6 Å². The van der Waals surface area contributed by atoms with Crippen molar-refractivity contribution in [1.29, 1.82) is 0 Å². The van der Waals surface area contributed by atoms with Gasteiger partial charge in [0.05, 0.1) is 6.61 Å². The minimum atomic E-state index is -4.96. The molecule has 0 aliphatic rings. The summed E-state index contributed by atoms with van der Waals surface area (Å²) in [5.74, 6) is 0. The van der Waals surface area contributed by atoms with E-state index in [1.807, 2.05) is 0 Å². The molecule has 8 heteroatoms. The number of benzene rings is 1. The van der Waals surface area contributed by atoms with Gasteiger partial charge in [0.2, 0.25) is 10.0 Å². The fraction of sp³-hybridized carbons (Fsp3) is 0.400. The quantitative estimate of drug-likeness (QED) is 0.914. The first kappa shape index (κ1) is 14.9. The second kappa shape index (κ2) is 5.25. The highest BCUT2D eigenvalue weighted by Crippen LogP contribution is 2.37. The predicted octanol–water partition coefficient (Wildman–Crippen LogP) is 1.72.